The summed E-state index contributed by atoms with van der Waals surface area (Å²) in [7, 11) is 0. The summed E-state index contributed by atoms with van der Waals surface area (Å²) >= 11 is 0. The molecule has 2 unspecified atom stereocenters. The van der Waals surface area contributed by atoms with Crippen molar-refractivity contribution in [2.24, 2.45) is 10.8 Å². The number of azide groups is 1. The number of carboxylic acid groups (broad SMARTS) is 1. The van der Waals surface area contributed by atoms with Gasteiger partial charge in [-0.25, -0.2) is 0 Å². The number of carbonyl (C=O) groups excluding carboxylic acids is 1. The van der Waals surface area contributed by atoms with Crippen molar-refractivity contribution in [2.75, 3.05) is 0 Å². The summed E-state index contributed by atoms with van der Waals surface area (Å²) in [5.74, 6) is -1.85. The van der Waals surface area contributed by atoms with Crippen LogP contribution in [0.4, 0.5) is 0 Å². The van der Waals surface area contributed by atoms with E-state index in [1.54, 1.807) is 20.8 Å². The Morgan fingerprint density at radius 1 is 1.44 bits per heavy atom. The van der Waals surface area contributed by atoms with Crippen LogP contribution in [0.5, 0.6) is 0 Å². The second kappa shape index (κ2) is 6.83. The lowest BCUT2D eigenvalue weighted by molar-refractivity contribution is -0.156. The van der Waals surface area contributed by atoms with Crippen LogP contribution >= 0.6 is 0 Å². The Bertz CT molecular complexity index is 357. The van der Waals surface area contributed by atoms with Gasteiger partial charge in [-0.15, -0.1) is 0 Å². The summed E-state index contributed by atoms with van der Waals surface area (Å²) in [5.41, 5.74) is 13.0. The fourth-order valence-corrected chi connectivity index (χ4v) is 1.12. The number of hydrogen-bond donors (Lipinski definition) is 2. The van der Waals surface area contributed by atoms with E-state index >= 15 is 0 Å². The summed E-state index contributed by atoms with van der Waals surface area (Å²) in [6.45, 7) is 5.04. The number of esters is 1. The molecule has 0 aromatic rings. The molecule has 0 heterocycles. The number of hydrogen-bond acceptors (Lipinski definition) is 5. The number of carbonyl (C=O) groups is 2. The van der Waals surface area contributed by atoms with Crippen molar-refractivity contribution in [1.82, 2.24) is 0 Å². The van der Waals surface area contributed by atoms with Gasteiger partial charge in [0, 0.05) is 4.91 Å². The number of rotatable bonds is 6. The van der Waals surface area contributed by atoms with Gasteiger partial charge in [0.25, 0.3) is 0 Å². The standard InChI is InChI=1S/C10H18N4O4/c1-10(2,3)18-9(17)7(13-14-12)5-4-6(11)8(15)16/h6-7H,4-5,11H2,1-3H3,(H,15,16). The van der Waals surface area contributed by atoms with Crippen molar-refractivity contribution in [1.29, 1.82) is 0 Å². The highest BCUT2D eigenvalue weighted by atomic mass is 16.6. The molecule has 0 amide bonds. The molecule has 0 aliphatic heterocycles. The van der Waals surface area contributed by atoms with Crippen LogP contribution in [-0.2, 0) is 14.3 Å². The van der Waals surface area contributed by atoms with Gasteiger partial charge in [0.2, 0.25) is 0 Å². The van der Waals surface area contributed by atoms with E-state index in [-0.39, 0.29) is 12.8 Å². The molecule has 18 heavy (non-hydrogen) atoms. The molecule has 0 spiro atoms. The van der Waals surface area contributed by atoms with Gasteiger partial charge in [0.15, 0.2) is 0 Å². The molecule has 2 atom stereocenters. The Kier molecular flexibility index (Phi) is 6.15. The van der Waals surface area contributed by atoms with E-state index < -0.39 is 29.6 Å². The van der Waals surface area contributed by atoms with Gasteiger partial charge >= 0.3 is 11.9 Å². The summed E-state index contributed by atoms with van der Waals surface area (Å²) in [6, 6.07) is -2.15. The molecule has 0 aromatic carbocycles. The highest BCUT2D eigenvalue weighted by molar-refractivity contribution is 5.77. The van der Waals surface area contributed by atoms with Gasteiger partial charge < -0.3 is 15.6 Å². The lowest BCUT2D eigenvalue weighted by Gasteiger charge is -2.22. The van der Waals surface area contributed by atoms with E-state index in [0.717, 1.165) is 0 Å². The SMILES string of the molecule is CC(C)(C)OC(=O)C(CCC(N)C(=O)O)N=[N+]=[N-]. The maximum atomic E-state index is 11.7. The fraction of sp³-hybridized carbons (Fsp3) is 0.800. The first-order chi connectivity index (χ1) is 8.17. The Hall–Kier alpha value is -1.79. The van der Waals surface area contributed by atoms with Crippen molar-refractivity contribution in [3.63, 3.8) is 0 Å². The van der Waals surface area contributed by atoms with Crippen LogP contribution in [-0.4, -0.2) is 34.7 Å². The number of nitrogens with zero attached hydrogens (tertiary/aromatic N) is 3. The van der Waals surface area contributed by atoms with Gasteiger partial charge in [0.1, 0.15) is 17.7 Å². The zero-order chi connectivity index (χ0) is 14.3. The van der Waals surface area contributed by atoms with Crippen LogP contribution in [0, 0.1) is 0 Å². The highest BCUT2D eigenvalue weighted by Crippen LogP contribution is 2.13. The third-order valence-electron chi connectivity index (χ3n) is 1.94. The zero-order valence-corrected chi connectivity index (χ0v) is 10.7. The molecular weight excluding hydrogens is 240 g/mol. The van der Waals surface area contributed by atoms with E-state index in [2.05, 4.69) is 10.0 Å². The minimum absolute atomic E-state index is 0.0261. The molecule has 0 aromatic heterocycles. The predicted octanol–water partition coefficient (Wildman–Crippen LogP) is 1.20. The van der Waals surface area contributed by atoms with Crippen LogP contribution in [0.3, 0.4) is 0 Å². The molecule has 102 valence electrons. The molecule has 0 aliphatic rings. The van der Waals surface area contributed by atoms with Crippen LogP contribution < -0.4 is 5.73 Å². The van der Waals surface area contributed by atoms with Crippen LogP contribution in [0.25, 0.3) is 10.4 Å². The smallest absolute Gasteiger partial charge is 0.320 e. The first kappa shape index (κ1) is 16.2. The van der Waals surface area contributed by atoms with Crippen molar-refractivity contribution >= 4 is 11.9 Å². The Labute approximate surface area is 105 Å². The van der Waals surface area contributed by atoms with Crippen molar-refractivity contribution in [3.05, 3.63) is 10.4 Å². The predicted molar refractivity (Wildman–Crippen MR) is 63.6 cm³/mol. The van der Waals surface area contributed by atoms with Crippen LogP contribution in [0.15, 0.2) is 5.11 Å². The monoisotopic (exact) mass is 258 g/mol. The van der Waals surface area contributed by atoms with E-state index in [0.29, 0.717) is 0 Å². The molecule has 3 N–H and O–H groups in total. The minimum atomic E-state index is -1.17. The number of aliphatic carboxylic acids is 1. The lowest BCUT2D eigenvalue weighted by Crippen LogP contribution is -2.34. The Morgan fingerprint density at radius 3 is 2.39 bits per heavy atom. The molecule has 0 saturated carbocycles. The first-order valence-electron chi connectivity index (χ1n) is 5.43. The molecule has 0 aliphatic carbocycles. The molecule has 0 radical (unpaired) electrons. The summed E-state index contributed by atoms with van der Waals surface area (Å²) in [4.78, 5) is 24.7. The molecule has 8 nitrogen and oxygen atoms in total. The van der Waals surface area contributed by atoms with Crippen molar-refractivity contribution in [3.8, 4) is 0 Å². The first-order valence-corrected chi connectivity index (χ1v) is 5.43. The molecular formula is C10H18N4O4. The largest absolute Gasteiger partial charge is 0.480 e. The van der Waals surface area contributed by atoms with E-state index in [1.165, 1.54) is 0 Å². The molecule has 0 saturated heterocycles. The Balaban J connectivity index is 4.53. The maximum absolute atomic E-state index is 11.7. The van der Waals surface area contributed by atoms with E-state index in [1.807, 2.05) is 0 Å². The lowest BCUT2D eigenvalue weighted by atomic mass is 10.1. The third-order valence-corrected chi connectivity index (χ3v) is 1.94. The number of carboxylic acids is 1. The quantitative estimate of drug-likeness (QED) is 0.319. The minimum Gasteiger partial charge on any atom is -0.480 e. The van der Waals surface area contributed by atoms with Gasteiger partial charge in [-0.05, 0) is 39.1 Å². The van der Waals surface area contributed by atoms with E-state index in [9.17, 15) is 9.59 Å². The van der Waals surface area contributed by atoms with Gasteiger partial charge in [-0.1, -0.05) is 5.11 Å². The topological polar surface area (TPSA) is 138 Å². The molecule has 0 bridgehead atoms. The average Bonchev–Trinajstić information content (AvgIpc) is 2.20. The summed E-state index contributed by atoms with van der Waals surface area (Å²) < 4.78 is 5.05. The third kappa shape index (κ3) is 6.72. The number of nitrogens with two attached hydrogens (primary N) is 1. The second-order valence-electron chi connectivity index (χ2n) is 4.78. The van der Waals surface area contributed by atoms with E-state index in [4.69, 9.17) is 21.1 Å². The molecule has 8 heteroatoms. The maximum Gasteiger partial charge on any atom is 0.320 e. The number of ether oxygens (including phenoxy) is 1. The van der Waals surface area contributed by atoms with Gasteiger partial charge in [-0.3, -0.25) is 9.59 Å². The molecule has 0 rings (SSSR count). The van der Waals surface area contributed by atoms with Crippen LogP contribution in [0.2, 0.25) is 0 Å². The van der Waals surface area contributed by atoms with Crippen molar-refractivity contribution < 1.29 is 19.4 Å². The average molecular weight is 258 g/mol. The van der Waals surface area contributed by atoms with Gasteiger partial charge in [-0.2, -0.15) is 0 Å². The normalized spacial score (nSPS) is 14.2. The Morgan fingerprint density at radius 2 is 2.00 bits per heavy atom. The second-order valence-corrected chi connectivity index (χ2v) is 4.78. The summed E-state index contributed by atoms with van der Waals surface area (Å²) in [5, 5.41) is 11.9. The zero-order valence-electron chi connectivity index (χ0n) is 10.7. The van der Waals surface area contributed by atoms with Crippen molar-refractivity contribution in [2.45, 2.75) is 51.3 Å². The van der Waals surface area contributed by atoms with Crippen LogP contribution in [0.1, 0.15) is 33.6 Å². The highest BCUT2D eigenvalue weighted by Gasteiger charge is 2.25. The van der Waals surface area contributed by atoms with Gasteiger partial charge in [0.05, 0.1) is 0 Å². The fourth-order valence-electron chi connectivity index (χ4n) is 1.12. The molecule has 0 fully saturated rings. The summed E-state index contributed by atoms with van der Waals surface area (Å²) in [6.07, 6.45) is 0.0602.